The van der Waals surface area contributed by atoms with Crippen LogP contribution in [0, 0.1) is 0 Å². The molecule has 18 heavy (non-hydrogen) atoms. The largest absolute Gasteiger partial charge is 0.387 e. The monoisotopic (exact) mass is 270 g/mol. The lowest BCUT2D eigenvalue weighted by Gasteiger charge is -2.13. The SMILES string of the molecule is CC(C)c1nnsc1C(O)CCCC1CCCO1. The maximum absolute atomic E-state index is 10.2. The topological polar surface area (TPSA) is 55.2 Å². The highest BCUT2D eigenvalue weighted by atomic mass is 32.1. The molecule has 0 radical (unpaired) electrons. The highest BCUT2D eigenvalue weighted by molar-refractivity contribution is 7.05. The highest BCUT2D eigenvalue weighted by Gasteiger charge is 2.20. The third kappa shape index (κ3) is 3.49. The average Bonchev–Trinajstić information content (AvgIpc) is 2.99. The van der Waals surface area contributed by atoms with Crippen LogP contribution in [0.25, 0.3) is 0 Å². The first-order chi connectivity index (χ1) is 8.68. The minimum atomic E-state index is -0.413. The van der Waals surface area contributed by atoms with Crippen molar-refractivity contribution in [2.75, 3.05) is 6.61 Å². The molecule has 102 valence electrons. The Bertz CT molecular complexity index is 362. The van der Waals surface area contributed by atoms with Crippen LogP contribution in [0.3, 0.4) is 0 Å². The molecule has 0 aromatic carbocycles. The summed E-state index contributed by atoms with van der Waals surface area (Å²) < 4.78 is 9.54. The second-order valence-electron chi connectivity index (χ2n) is 5.26. The second-order valence-corrected chi connectivity index (χ2v) is 6.04. The molecule has 0 saturated carbocycles. The Morgan fingerprint density at radius 1 is 1.50 bits per heavy atom. The lowest BCUT2D eigenvalue weighted by atomic mass is 10.0. The van der Waals surface area contributed by atoms with Crippen LogP contribution >= 0.6 is 11.5 Å². The first kappa shape index (κ1) is 13.9. The Morgan fingerprint density at radius 2 is 2.33 bits per heavy atom. The third-order valence-electron chi connectivity index (χ3n) is 3.42. The molecule has 1 aliphatic rings. The molecule has 2 rings (SSSR count). The standard InChI is InChI=1S/C13H22N2O2S/c1-9(2)12-13(18-15-14-12)11(16)7-3-5-10-6-4-8-17-10/h9-11,16H,3-8H2,1-2H3. The van der Waals surface area contributed by atoms with E-state index >= 15 is 0 Å². The molecule has 0 aliphatic carbocycles. The van der Waals surface area contributed by atoms with Gasteiger partial charge in [0, 0.05) is 6.61 Å². The first-order valence-corrected chi connectivity index (χ1v) is 7.57. The van der Waals surface area contributed by atoms with Gasteiger partial charge in [-0.3, -0.25) is 0 Å². The molecule has 2 heterocycles. The van der Waals surface area contributed by atoms with E-state index in [1.54, 1.807) is 0 Å². The molecule has 1 saturated heterocycles. The molecule has 1 aliphatic heterocycles. The van der Waals surface area contributed by atoms with E-state index in [-0.39, 0.29) is 0 Å². The van der Waals surface area contributed by atoms with Crippen LogP contribution in [0.4, 0.5) is 0 Å². The quantitative estimate of drug-likeness (QED) is 0.863. The van der Waals surface area contributed by atoms with Crippen molar-refractivity contribution in [3.8, 4) is 0 Å². The van der Waals surface area contributed by atoms with Gasteiger partial charge in [0.25, 0.3) is 0 Å². The minimum Gasteiger partial charge on any atom is -0.387 e. The van der Waals surface area contributed by atoms with Gasteiger partial charge in [-0.05, 0) is 49.6 Å². The van der Waals surface area contributed by atoms with Crippen LogP contribution in [-0.2, 0) is 4.74 Å². The number of hydrogen-bond donors (Lipinski definition) is 1. The fourth-order valence-corrected chi connectivity index (χ4v) is 3.20. The van der Waals surface area contributed by atoms with Gasteiger partial charge in [-0.25, -0.2) is 0 Å². The van der Waals surface area contributed by atoms with Gasteiger partial charge in [-0.2, -0.15) is 0 Å². The zero-order valence-corrected chi connectivity index (χ0v) is 11.9. The number of aliphatic hydroxyl groups is 1. The summed E-state index contributed by atoms with van der Waals surface area (Å²) in [5.41, 5.74) is 0.949. The molecule has 0 spiro atoms. The van der Waals surface area contributed by atoms with E-state index in [4.69, 9.17) is 4.74 Å². The summed E-state index contributed by atoms with van der Waals surface area (Å²) in [6.45, 7) is 5.07. The average molecular weight is 270 g/mol. The van der Waals surface area contributed by atoms with E-state index in [1.165, 1.54) is 24.4 Å². The Balaban J connectivity index is 1.79. The maximum atomic E-state index is 10.2. The van der Waals surface area contributed by atoms with E-state index in [0.717, 1.165) is 36.4 Å². The molecule has 2 unspecified atom stereocenters. The molecule has 1 aromatic heterocycles. The molecule has 1 N–H and O–H groups in total. The van der Waals surface area contributed by atoms with E-state index < -0.39 is 6.10 Å². The smallest absolute Gasteiger partial charge is 0.0917 e. The molecule has 0 amide bonds. The van der Waals surface area contributed by atoms with Gasteiger partial charge in [0.05, 0.1) is 22.8 Å². The summed E-state index contributed by atoms with van der Waals surface area (Å²) in [5.74, 6) is 0.326. The van der Waals surface area contributed by atoms with E-state index in [9.17, 15) is 5.11 Å². The van der Waals surface area contributed by atoms with Crippen LogP contribution in [0.15, 0.2) is 0 Å². The van der Waals surface area contributed by atoms with Crippen molar-refractivity contribution < 1.29 is 9.84 Å². The molecule has 1 aromatic rings. The van der Waals surface area contributed by atoms with Gasteiger partial charge in [0.15, 0.2) is 0 Å². The zero-order valence-electron chi connectivity index (χ0n) is 11.1. The van der Waals surface area contributed by atoms with Gasteiger partial charge in [-0.15, -0.1) is 5.10 Å². The van der Waals surface area contributed by atoms with Crippen LogP contribution in [0.5, 0.6) is 0 Å². The molecule has 1 fully saturated rings. The second kappa shape index (κ2) is 6.59. The molecule has 5 heteroatoms. The van der Waals surface area contributed by atoms with Crippen LogP contribution in [-0.4, -0.2) is 27.4 Å². The normalized spacial score (nSPS) is 21.7. The summed E-state index contributed by atoms with van der Waals surface area (Å²) in [5, 5.41) is 14.3. The summed E-state index contributed by atoms with van der Waals surface area (Å²) in [6, 6.07) is 0. The van der Waals surface area contributed by atoms with Crippen molar-refractivity contribution in [3.63, 3.8) is 0 Å². The van der Waals surface area contributed by atoms with Crippen molar-refractivity contribution >= 4 is 11.5 Å². The lowest BCUT2D eigenvalue weighted by Crippen LogP contribution is -2.06. The van der Waals surface area contributed by atoms with Crippen molar-refractivity contribution in [1.82, 2.24) is 9.59 Å². The van der Waals surface area contributed by atoms with Crippen LogP contribution < -0.4 is 0 Å². The Labute approximate surface area is 113 Å². The Kier molecular flexibility index (Phi) is 5.09. The fraction of sp³-hybridized carbons (Fsp3) is 0.846. The number of aliphatic hydroxyl groups excluding tert-OH is 1. The van der Waals surface area contributed by atoms with Gasteiger partial charge in [-0.1, -0.05) is 18.3 Å². The summed E-state index contributed by atoms with van der Waals surface area (Å²) in [7, 11) is 0. The van der Waals surface area contributed by atoms with E-state index in [2.05, 4.69) is 23.4 Å². The first-order valence-electron chi connectivity index (χ1n) is 6.80. The fourth-order valence-electron chi connectivity index (χ4n) is 2.38. The summed E-state index contributed by atoms with van der Waals surface area (Å²) in [6.07, 6.45) is 5.20. The third-order valence-corrected chi connectivity index (χ3v) is 4.26. The number of rotatable bonds is 6. The number of ether oxygens (including phenoxy) is 1. The summed E-state index contributed by atoms with van der Waals surface area (Å²) in [4.78, 5) is 0.942. The Morgan fingerprint density at radius 3 is 3.00 bits per heavy atom. The van der Waals surface area contributed by atoms with E-state index in [0.29, 0.717) is 12.0 Å². The van der Waals surface area contributed by atoms with Crippen LogP contribution in [0.1, 0.15) is 68.5 Å². The van der Waals surface area contributed by atoms with Crippen molar-refractivity contribution in [2.45, 2.75) is 64.1 Å². The van der Waals surface area contributed by atoms with E-state index in [1.807, 2.05) is 0 Å². The Hall–Kier alpha value is -0.520. The zero-order chi connectivity index (χ0) is 13.0. The molecular formula is C13H22N2O2S. The molecule has 0 bridgehead atoms. The predicted molar refractivity (Wildman–Crippen MR) is 71.8 cm³/mol. The van der Waals surface area contributed by atoms with Gasteiger partial charge >= 0.3 is 0 Å². The highest BCUT2D eigenvalue weighted by Crippen LogP contribution is 2.30. The molecular weight excluding hydrogens is 248 g/mol. The number of nitrogens with zero attached hydrogens (tertiary/aromatic N) is 2. The van der Waals surface area contributed by atoms with Crippen molar-refractivity contribution in [3.05, 3.63) is 10.6 Å². The van der Waals surface area contributed by atoms with Gasteiger partial charge in [0.1, 0.15) is 0 Å². The predicted octanol–water partition coefficient (Wildman–Crippen LogP) is 3.04. The molecule has 2 atom stereocenters. The number of aromatic nitrogens is 2. The number of hydrogen-bond acceptors (Lipinski definition) is 5. The lowest BCUT2D eigenvalue weighted by molar-refractivity contribution is 0.0947. The van der Waals surface area contributed by atoms with Gasteiger partial charge < -0.3 is 9.84 Å². The van der Waals surface area contributed by atoms with Crippen molar-refractivity contribution in [1.29, 1.82) is 0 Å². The minimum absolute atomic E-state index is 0.326. The van der Waals surface area contributed by atoms with Crippen LogP contribution in [0.2, 0.25) is 0 Å². The van der Waals surface area contributed by atoms with Crippen molar-refractivity contribution in [2.24, 2.45) is 0 Å². The summed E-state index contributed by atoms with van der Waals surface area (Å²) >= 11 is 1.33. The molecule has 4 nitrogen and oxygen atoms in total. The van der Waals surface area contributed by atoms with Gasteiger partial charge in [0.2, 0.25) is 0 Å². The maximum Gasteiger partial charge on any atom is 0.0917 e.